The molecule has 96 valence electrons. The van der Waals surface area contributed by atoms with Gasteiger partial charge in [0.2, 0.25) is 0 Å². The van der Waals surface area contributed by atoms with E-state index in [1.54, 1.807) is 17.5 Å². The molecule has 0 saturated heterocycles. The molecule has 2 heterocycles. The Labute approximate surface area is 114 Å². The minimum Gasteiger partial charge on any atom is -0.494 e. The predicted molar refractivity (Wildman–Crippen MR) is 78.4 cm³/mol. The molecule has 3 aromatic rings. The van der Waals surface area contributed by atoms with E-state index in [-0.39, 0.29) is 0 Å². The van der Waals surface area contributed by atoms with Crippen molar-refractivity contribution >= 4 is 27.4 Å². The van der Waals surface area contributed by atoms with Crippen molar-refractivity contribution in [3.8, 4) is 16.3 Å². The first kappa shape index (κ1) is 11.9. The molecule has 0 bridgehead atoms. The van der Waals surface area contributed by atoms with Gasteiger partial charge in [0.15, 0.2) is 0 Å². The normalized spacial score (nSPS) is 10.8. The van der Waals surface area contributed by atoms with Crippen molar-refractivity contribution in [2.75, 3.05) is 12.3 Å². The van der Waals surface area contributed by atoms with Gasteiger partial charge in [0.25, 0.3) is 0 Å². The van der Waals surface area contributed by atoms with Crippen LogP contribution in [0.3, 0.4) is 0 Å². The number of ether oxygens (including phenoxy) is 1. The zero-order valence-corrected chi connectivity index (χ0v) is 11.3. The number of nitrogen functional groups attached to an aromatic ring is 1. The highest BCUT2D eigenvalue weighted by Gasteiger charge is 2.07. The highest BCUT2D eigenvalue weighted by molar-refractivity contribution is 7.21. The SMILES string of the molecule is CCOc1ccc2nc(-c3ccnc(N)c3)sc2c1. The Morgan fingerprint density at radius 2 is 2.16 bits per heavy atom. The molecule has 4 nitrogen and oxygen atoms in total. The van der Waals surface area contributed by atoms with Crippen LogP contribution in [0.4, 0.5) is 5.82 Å². The summed E-state index contributed by atoms with van der Waals surface area (Å²) in [5.74, 6) is 1.38. The molecule has 0 aliphatic heterocycles. The Balaban J connectivity index is 2.06. The fraction of sp³-hybridized carbons (Fsp3) is 0.143. The zero-order chi connectivity index (χ0) is 13.2. The van der Waals surface area contributed by atoms with E-state index in [1.165, 1.54) is 0 Å². The minimum absolute atomic E-state index is 0.506. The maximum atomic E-state index is 5.70. The number of fused-ring (bicyclic) bond motifs is 1. The van der Waals surface area contributed by atoms with Crippen molar-refractivity contribution in [3.05, 3.63) is 36.5 Å². The molecule has 3 rings (SSSR count). The number of anilines is 1. The van der Waals surface area contributed by atoms with Crippen LogP contribution >= 0.6 is 11.3 Å². The van der Waals surface area contributed by atoms with Crippen LogP contribution in [0.5, 0.6) is 5.75 Å². The summed E-state index contributed by atoms with van der Waals surface area (Å²) in [6.45, 7) is 2.64. The van der Waals surface area contributed by atoms with Gasteiger partial charge < -0.3 is 10.5 Å². The molecule has 2 aromatic heterocycles. The maximum absolute atomic E-state index is 5.70. The third kappa shape index (κ3) is 2.37. The average molecular weight is 271 g/mol. The van der Waals surface area contributed by atoms with Gasteiger partial charge in [-0.15, -0.1) is 11.3 Å². The lowest BCUT2D eigenvalue weighted by Crippen LogP contribution is -1.90. The van der Waals surface area contributed by atoms with Crippen LogP contribution in [0.1, 0.15) is 6.92 Å². The van der Waals surface area contributed by atoms with Gasteiger partial charge in [0, 0.05) is 11.8 Å². The Bertz CT molecular complexity index is 724. The third-order valence-electron chi connectivity index (χ3n) is 2.70. The van der Waals surface area contributed by atoms with Crippen molar-refractivity contribution in [1.82, 2.24) is 9.97 Å². The number of aromatic nitrogens is 2. The summed E-state index contributed by atoms with van der Waals surface area (Å²) in [7, 11) is 0. The summed E-state index contributed by atoms with van der Waals surface area (Å²) < 4.78 is 6.60. The van der Waals surface area contributed by atoms with Crippen LogP contribution in [-0.4, -0.2) is 16.6 Å². The minimum atomic E-state index is 0.506. The van der Waals surface area contributed by atoms with E-state index in [0.717, 1.165) is 26.5 Å². The summed E-state index contributed by atoms with van der Waals surface area (Å²) in [5, 5.41) is 0.942. The molecular weight excluding hydrogens is 258 g/mol. The van der Waals surface area contributed by atoms with E-state index in [1.807, 2.05) is 37.3 Å². The van der Waals surface area contributed by atoms with E-state index in [2.05, 4.69) is 9.97 Å². The van der Waals surface area contributed by atoms with Gasteiger partial charge in [-0.25, -0.2) is 9.97 Å². The first-order chi connectivity index (χ1) is 9.26. The number of nitrogens with zero attached hydrogens (tertiary/aromatic N) is 2. The summed E-state index contributed by atoms with van der Waals surface area (Å²) >= 11 is 1.62. The van der Waals surface area contributed by atoms with Gasteiger partial charge in [-0.3, -0.25) is 0 Å². The van der Waals surface area contributed by atoms with E-state index in [4.69, 9.17) is 10.5 Å². The second-order valence-electron chi connectivity index (χ2n) is 4.05. The van der Waals surface area contributed by atoms with Crippen LogP contribution < -0.4 is 10.5 Å². The number of rotatable bonds is 3. The first-order valence-electron chi connectivity index (χ1n) is 6.01. The Hall–Kier alpha value is -2.14. The molecule has 0 unspecified atom stereocenters. The first-order valence-corrected chi connectivity index (χ1v) is 6.83. The molecular formula is C14H13N3OS. The van der Waals surface area contributed by atoms with Crippen LogP contribution in [0, 0.1) is 0 Å². The molecule has 2 N–H and O–H groups in total. The van der Waals surface area contributed by atoms with E-state index in [0.29, 0.717) is 12.4 Å². The number of thiazole rings is 1. The van der Waals surface area contributed by atoms with Crippen LogP contribution in [0.25, 0.3) is 20.8 Å². The van der Waals surface area contributed by atoms with E-state index >= 15 is 0 Å². The number of hydrogen-bond acceptors (Lipinski definition) is 5. The molecule has 0 radical (unpaired) electrons. The summed E-state index contributed by atoms with van der Waals surface area (Å²) in [5.41, 5.74) is 7.66. The number of pyridine rings is 1. The van der Waals surface area contributed by atoms with Gasteiger partial charge in [0.05, 0.1) is 16.8 Å². The number of nitrogens with two attached hydrogens (primary N) is 1. The van der Waals surface area contributed by atoms with Crippen molar-refractivity contribution in [2.24, 2.45) is 0 Å². The summed E-state index contributed by atoms with van der Waals surface area (Å²) in [4.78, 5) is 8.60. The van der Waals surface area contributed by atoms with Gasteiger partial charge in [0.1, 0.15) is 16.6 Å². The Kier molecular flexibility index (Phi) is 3.05. The van der Waals surface area contributed by atoms with Gasteiger partial charge in [-0.05, 0) is 37.3 Å². The fourth-order valence-corrected chi connectivity index (χ4v) is 2.86. The molecule has 1 aromatic carbocycles. The third-order valence-corrected chi connectivity index (χ3v) is 3.77. The molecule has 0 atom stereocenters. The molecule has 0 spiro atoms. The molecule has 0 saturated carbocycles. The average Bonchev–Trinajstić information content (AvgIpc) is 2.82. The second-order valence-corrected chi connectivity index (χ2v) is 5.08. The topological polar surface area (TPSA) is 61.0 Å². The molecule has 0 amide bonds. The van der Waals surface area contributed by atoms with Gasteiger partial charge in [-0.1, -0.05) is 0 Å². The Morgan fingerprint density at radius 1 is 1.26 bits per heavy atom. The smallest absolute Gasteiger partial charge is 0.124 e. The van der Waals surface area contributed by atoms with Crippen molar-refractivity contribution in [1.29, 1.82) is 0 Å². The van der Waals surface area contributed by atoms with Gasteiger partial charge >= 0.3 is 0 Å². The Morgan fingerprint density at radius 3 is 2.95 bits per heavy atom. The van der Waals surface area contributed by atoms with Crippen molar-refractivity contribution in [2.45, 2.75) is 6.92 Å². The summed E-state index contributed by atoms with van der Waals surface area (Å²) in [6.07, 6.45) is 1.70. The van der Waals surface area contributed by atoms with Crippen molar-refractivity contribution < 1.29 is 4.74 Å². The van der Waals surface area contributed by atoms with Gasteiger partial charge in [-0.2, -0.15) is 0 Å². The lowest BCUT2D eigenvalue weighted by molar-refractivity contribution is 0.341. The molecule has 5 heteroatoms. The summed E-state index contributed by atoms with van der Waals surface area (Å²) in [6, 6.07) is 9.68. The molecule has 19 heavy (non-hydrogen) atoms. The zero-order valence-electron chi connectivity index (χ0n) is 10.5. The maximum Gasteiger partial charge on any atom is 0.124 e. The second kappa shape index (κ2) is 4.85. The molecule has 0 aliphatic carbocycles. The molecule has 0 fully saturated rings. The van der Waals surface area contributed by atoms with Crippen molar-refractivity contribution in [3.63, 3.8) is 0 Å². The fourth-order valence-electron chi connectivity index (χ4n) is 1.87. The quantitative estimate of drug-likeness (QED) is 0.793. The number of benzene rings is 1. The monoisotopic (exact) mass is 271 g/mol. The number of hydrogen-bond donors (Lipinski definition) is 1. The van der Waals surface area contributed by atoms with Crippen LogP contribution in [0.15, 0.2) is 36.5 Å². The predicted octanol–water partition coefficient (Wildman–Crippen LogP) is 3.34. The highest BCUT2D eigenvalue weighted by atomic mass is 32.1. The van der Waals surface area contributed by atoms with E-state index < -0.39 is 0 Å². The highest BCUT2D eigenvalue weighted by Crippen LogP contribution is 2.32. The molecule has 0 aliphatic rings. The lowest BCUT2D eigenvalue weighted by atomic mass is 10.2. The van der Waals surface area contributed by atoms with E-state index in [9.17, 15) is 0 Å². The van der Waals surface area contributed by atoms with Crippen LogP contribution in [0.2, 0.25) is 0 Å². The lowest BCUT2D eigenvalue weighted by Gasteiger charge is -2.00. The largest absolute Gasteiger partial charge is 0.494 e. The van der Waals surface area contributed by atoms with Crippen LogP contribution in [-0.2, 0) is 0 Å². The standard InChI is InChI=1S/C14H13N3OS/c1-2-18-10-3-4-11-12(8-10)19-14(17-11)9-5-6-16-13(15)7-9/h3-8H,2H2,1H3,(H2,15,16).